The molecule has 100 valence electrons. The zero-order valence-corrected chi connectivity index (χ0v) is 12.2. The molecule has 19 heavy (non-hydrogen) atoms. The number of ether oxygens (including phenoxy) is 1. The fraction of sp³-hybridized carbons (Fsp3) is 0.250. The molecule has 0 aliphatic rings. The van der Waals surface area contributed by atoms with Gasteiger partial charge in [0.2, 0.25) is 0 Å². The van der Waals surface area contributed by atoms with Crippen molar-refractivity contribution in [1.82, 2.24) is 5.32 Å². The molecular formula is C16H18ClNO. The van der Waals surface area contributed by atoms with Gasteiger partial charge in [0.1, 0.15) is 11.5 Å². The Morgan fingerprint density at radius 1 is 1.00 bits per heavy atom. The predicted molar refractivity (Wildman–Crippen MR) is 80.2 cm³/mol. The zero-order valence-electron chi connectivity index (χ0n) is 11.5. The molecule has 0 saturated carbocycles. The van der Waals surface area contributed by atoms with E-state index in [0.29, 0.717) is 0 Å². The second kappa shape index (κ2) is 6.09. The van der Waals surface area contributed by atoms with Gasteiger partial charge in [0.15, 0.2) is 0 Å². The topological polar surface area (TPSA) is 21.3 Å². The Bertz CT molecular complexity index is 581. The van der Waals surface area contributed by atoms with Gasteiger partial charge in [0.25, 0.3) is 0 Å². The van der Waals surface area contributed by atoms with Gasteiger partial charge in [0.05, 0.1) is 0 Å². The van der Waals surface area contributed by atoms with Crippen LogP contribution in [0.4, 0.5) is 0 Å². The fourth-order valence-electron chi connectivity index (χ4n) is 1.84. The molecule has 0 aliphatic heterocycles. The molecule has 0 saturated heterocycles. The highest BCUT2D eigenvalue weighted by molar-refractivity contribution is 6.31. The van der Waals surface area contributed by atoms with Crippen molar-refractivity contribution in [3.63, 3.8) is 0 Å². The average molecular weight is 276 g/mol. The SMILES string of the molecule is CNCc1ccc(Oc2ccc(C)c(C)c2)cc1Cl. The lowest BCUT2D eigenvalue weighted by atomic mass is 10.1. The summed E-state index contributed by atoms with van der Waals surface area (Å²) in [7, 11) is 1.90. The van der Waals surface area contributed by atoms with Crippen LogP contribution in [-0.2, 0) is 6.54 Å². The lowest BCUT2D eigenvalue weighted by Gasteiger charge is -2.10. The van der Waals surface area contributed by atoms with Gasteiger partial charge in [0, 0.05) is 11.6 Å². The maximum absolute atomic E-state index is 6.21. The number of hydrogen-bond donors (Lipinski definition) is 1. The summed E-state index contributed by atoms with van der Waals surface area (Å²) in [4.78, 5) is 0. The van der Waals surface area contributed by atoms with Gasteiger partial charge in [-0.15, -0.1) is 0 Å². The molecule has 2 nitrogen and oxygen atoms in total. The number of benzene rings is 2. The van der Waals surface area contributed by atoms with E-state index in [-0.39, 0.29) is 0 Å². The minimum atomic E-state index is 0.718. The molecule has 3 heteroatoms. The summed E-state index contributed by atoms with van der Waals surface area (Å²) in [5, 5.41) is 3.80. The van der Waals surface area contributed by atoms with E-state index in [4.69, 9.17) is 16.3 Å². The largest absolute Gasteiger partial charge is 0.457 e. The lowest BCUT2D eigenvalue weighted by Crippen LogP contribution is -2.05. The van der Waals surface area contributed by atoms with Gasteiger partial charge < -0.3 is 10.1 Å². The molecule has 0 bridgehead atoms. The molecule has 0 spiro atoms. The number of rotatable bonds is 4. The Kier molecular flexibility index (Phi) is 4.46. The van der Waals surface area contributed by atoms with Crippen LogP contribution < -0.4 is 10.1 Å². The van der Waals surface area contributed by atoms with Crippen LogP contribution in [0, 0.1) is 13.8 Å². The van der Waals surface area contributed by atoms with Crippen LogP contribution in [0.15, 0.2) is 36.4 Å². The van der Waals surface area contributed by atoms with E-state index >= 15 is 0 Å². The van der Waals surface area contributed by atoms with Gasteiger partial charge in [-0.25, -0.2) is 0 Å². The standard InChI is InChI=1S/C16H18ClNO/c1-11-4-6-14(8-12(11)2)19-15-7-5-13(10-18-3)16(17)9-15/h4-9,18H,10H2,1-3H3. The van der Waals surface area contributed by atoms with E-state index < -0.39 is 0 Å². The molecule has 2 aromatic carbocycles. The Labute approximate surface area is 119 Å². The quantitative estimate of drug-likeness (QED) is 0.889. The summed E-state index contributed by atoms with van der Waals surface area (Å²) in [5.41, 5.74) is 3.54. The van der Waals surface area contributed by atoms with Crippen LogP contribution >= 0.6 is 11.6 Å². The number of halogens is 1. The van der Waals surface area contributed by atoms with E-state index in [1.54, 1.807) is 0 Å². The fourth-order valence-corrected chi connectivity index (χ4v) is 2.08. The van der Waals surface area contributed by atoms with E-state index in [2.05, 4.69) is 25.2 Å². The number of aryl methyl sites for hydroxylation is 2. The Morgan fingerprint density at radius 3 is 2.32 bits per heavy atom. The maximum Gasteiger partial charge on any atom is 0.128 e. The van der Waals surface area contributed by atoms with Crippen LogP contribution in [0.3, 0.4) is 0 Å². The average Bonchev–Trinajstić information content (AvgIpc) is 2.37. The summed E-state index contributed by atoms with van der Waals surface area (Å²) in [6.07, 6.45) is 0. The molecule has 0 atom stereocenters. The third kappa shape index (κ3) is 3.49. The van der Waals surface area contributed by atoms with E-state index in [9.17, 15) is 0 Å². The van der Waals surface area contributed by atoms with E-state index in [0.717, 1.165) is 28.6 Å². The smallest absolute Gasteiger partial charge is 0.128 e. The minimum Gasteiger partial charge on any atom is -0.457 e. The molecule has 1 N–H and O–H groups in total. The first-order chi connectivity index (χ1) is 9.10. The maximum atomic E-state index is 6.21. The van der Waals surface area contributed by atoms with Crippen molar-refractivity contribution in [3.05, 3.63) is 58.1 Å². The summed E-state index contributed by atoms with van der Waals surface area (Å²) in [5.74, 6) is 1.59. The van der Waals surface area contributed by atoms with Gasteiger partial charge in [-0.2, -0.15) is 0 Å². The van der Waals surface area contributed by atoms with Crippen LogP contribution in [0.5, 0.6) is 11.5 Å². The second-order valence-corrected chi connectivity index (χ2v) is 5.04. The number of hydrogen-bond acceptors (Lipinski definition) is 2. The monoisotopic (exact) mass is 275 g/mol. The van der Waals surface area contributed by atoms with Crippen molar-refractivity contribution in [1.29, 1.82) is 0 Å². The van der Waals surface area contributed by atoms with Crippen molar-refractivity contribution in [2.45, 2.75) is 20.4 Å². The van der Waals surface area contributed by atoms with E-state index in [1.165, 1.54) is 11.1 Å². The Balaban J connectivity index is 2.19. The highest BCUT2D eigenvalue weighted by Gasteiger charge is 2.04. The molecule has 0 aliphatic carbocycles. The van der Waals surface area contributed by atoms with Gasteiger partial charge >= 0.3 is 0 Å². The zero-order chi connectivity index (χ0) is 13.8. The highest BCUT2D eigenvalue weighted by atomic mass is 35.5. The molecular weight excluding hydrogens is 258 g/mol. The predicted octanol–water partition coefficient (Wildman–Crippen LogP) is 4.47. The molecule has 0 amide bonds. The summed E-state index contributed by atoms with van der Waals surface area (Å²) < 4.78 is 5.82. The Hall–Kier alpha value is -1.51. The second-order valence-electron chi connectivity index (χ2n) is 4.63. The number of nitrogens with one attached hydrogen (secondary N) is 1. The Morgan fingerprint density at radius 2 is 1.68 bits per heavy atom. The summed E-state index contributed by atoms with van der Waals surface area (Å²) >= 11 is 6.21. The van der Waals surface area contributed by atoms with Gasteiger partial charge in [-0.05, 0) is 61.9 Å². The summed E-state index contributed by atoms with van der Waals surface area (Å²) in [6, 6.07) is 11.8. The summed E-state index contributed by atoms with van der Waals surface area (Å²) in [6.45, 7) is 4.91. The van der Waals surface area contributed by atoms with E-state index in [1.807, 2.05) is 37.4 Å². The third-order valence-corrected chi connectivity index (χ3v) is 3.46. The molecule has 0 fully saturated rings. The lowest BCUT2D eigenvalue weighted by molar-refractivity contribution is 0.482. The van der Waals surface area contributed by atoms with Gasteiger partial charge in [-0.1, -0.05) is 23.7 Å². The van der Waals surface area contributed by atoms with Crippen molar-refractivity contribution in [2.75, 3.05) is 7.05 Å². The van der Waals surface area contributed by atoms with Crippen LogP contribution in [-0.4, -0.2) is 7.05 Å². The molecule has 0 radical (unpaired) electrons. The van der Waals surface area contributed by atoms with Crippen LogP contribution in [0.25, 0.3) is 0 Å². The van der Waals surface area contributed by atoms with Crippen LogP contribution in [0.1, 0.15) is 16.7 Å². The van der Waals surface area contributed by atoms with Gasteiger partial charge in [-0.3, -0.25) is 0 Å². The first kappa shape index (κ1) is 13.9. The van der Waals surface area contributed by atoms with Crippen molar-refractivity contribution in [2.24, 2.45) is 0 Å². The minimum absolute atomic E-state index is 0.718. The first-order valence-electron chi connectivity index (χ1n) is 6.28. The van der Waals surface area contributed by atoms with Crippen molar-refractivity contribution < 1.29 is 4.74 Å². The van der Waals surface area contributed by atoms with Crippen LogP contribution in [0.2, 0.25) is 5.02 Å². The molecule has 0 aromatic heterocycles. The van der Waals surface area contributed by atoms with Crippen molar-refractivity contribution in [3.8, 4) is 11.5 Å². The third-order valence-electron chi connectivity index (χ3n) is 3.11. The highest BCUT2D eigenvalue weighted by Crippen LogP contribution is 2.27. The molecule has 2 rings (SSSR count). The molecule has 0 unspecified atom stereocenters. The molecule has 2 aromatic rings. The molecule has 0 heterocycles. The van der Waals surface area contributed by atoms with Crippen molar-refractivity contribution >= 4 is 11.6 Å². The normalized spacial score (nSPS) is 10.5. The first-order valence-corrected chi connectivity index (χ1v) is 6.66.